The summed E-state index contributed by atoms with van der Waals surface area (Å²) in [7, 11) is 1.31. The van der Waals surface area contributed by atoms with Gasteiger partial charge in [0.2, 0.25) is 11.1 Å². The molecule has 3 aromatic rings. The third kappa shape index (κ3) is 6.08. The third-order valence-electron chi connectivity index (χ3n) is 3.74. The number of thiazole rings is 1. The van der Waals surface area contributed by atoms with Gasteiger partial charge in [-0.1, -0.05) is 11.8 Å². The molecule has 1 amide bonds. The second kappa shape index (κ2) is 10.6. The first kappa shape index (κ1) is 22.4. The molecule has 1 N–H and O–H groups in total. The van der Waals surface area contributed by atoms with E-state index in [4.69, 9.17) is 4.74 Å². The number of methoxy groups -OCH3 is 1. The Balaban J connectivity index is 1.56. The highest BCUT2D eigenvalue weighted by Gasteiger charge is 2.14. The van der Waals surface area contributed by atoms with Crippen LogP contribution >= 0.6 is 23.1 Å². The maximum absolute atomic E-state index is 12.3. The lowest BCUT2D eigenvalue weighted by molar-refractivity contribution is -0.142. The molecule has 0 aliphatic heterocycles. The van der Waals surface area contributed by atoms with Gasteiger partial charge in [-0.15, -0.1) is 16.4 Å². The molecule has 0 saturated carbocycles. The summed E-state index contributed by atoms with van der Waals surface area (Å²) in [5.41, 5.74) is 1.56. The standard InChI is InChI=1S/C18H18N6O5S2/c1-3-29-15(26)8-12-9-30-17(19-12)20-14(25)10-31-18-21-22-23-24(18)13-6-4-11(5-7-13)16(27)28-2/h4-7,9H,3,8,10H2,1-2H3,(H,19,20,25). The fourth-order valence-electron chi connectivity index (χ4n) is 2.38. The smallest absolute Gasteiger partial charge is 0.337 e. The van der Waals surface area contributed by atoms with Crippen molar-refractivity contribution in [2.45, 2.75) is 18.5 Å². The number of aromatic nitrogens is 5. The van der Waals surface area contributed by atoms with Crippen molar-refractivity contribution in [3.63, 3.8) is 0 Å². The molecule has 31 heavy (non-hydrogen) atoms. The van der Waals surface area contributed by atoms with Gasteiger partial charge in [0, 0.05) is 5.38 Å². The molecule has 2 heterocycles. The van der Waals surface area contributed by atoms with Crippen molar-refractivity contribution < 1.29 is 23.9 Å². The van der Waals surface area contributed by atoms with Gasteiger partial charge < -0.3 is 14.8 Å². The minimum atomic E-state index is -0.442. The maximum Gasteiger partial charge on any atom is 0.337 e. The van der Waals surface area contributed by atoms with Crippen LogP contribution in [0.3, 0.4) is 0 Å². The van der Waals surface area contributed by atoms with Gasteiger partial charge in [-0.25, -0.2) is 9.78 Å². The molecule has 11 nitrogen and oxygen atoms in total. The molecule has 162 valence electrons. The van der Waals surface area contributed by atoms with Crippen molar-refractivity contribution >= 4 is 46.1 Å². The Bertz CT molecular complexity index is 1070. The molecular weight excluding hydrogens is 444 g/mol. The second-order valence-electron chi connectivity index (χ2n) is 5.87. The van der Waals surface area contributed by atoms with E-state index < -0.39 is 5.97 Å². The van der Waals surface area contributed by atoms with Gasteiger partial charge in [0.1, 0.15) is 0 Å². The van der Waals surface area contributed by atoms with E-state index in [2.05, 4.69) is 30.6 Å². The van der Waals surface area contributed by atoms with Crippen LogP contribution in [0, 0.1) is 0 Å². The summed E-state index contributed by atoms with van der Waals surface area (Å²) in [5.74, 6) is -1.06. The normalized spacial score (nSPS) is 10.5. The summed E-state index contributed by atoms with van der Waals surface area (Å²) in [6.07, 6.45) is 0.0541. The van der Waals surface area contributed by atoms with Gasteiger partial charge >= 0.3 is 11.9 Å². The zero-order valence-corrected chi connectivity index (χ0v) is 18.2. The zero-order valence-electron chi connectivity index (χ0n) is 16.6. The molecule has 0 bridgehead atoms. The number of esters is 2. The highest BCUT2D eigenvalue weighted by molar-refractivity contribution is 7.99. The Morgan fingerprint density at radius 2 is 2.00 bits per heavy atom. The predicted octanol–water partition coefficient (Wildman–Crippen LogP) is 1.74. The van der Waals surface area contributed by atoms with Gasteiger partial charge in [0.05, 0.1) is 42.8 Å². The fraction of sp³-hybridized carbons (Fsp3) is 0.278. The van der Waals surface area contributed by atoms with Crippen LogP contribution in [0.2, 0.25) is 0 Å². The van der Waals surface area contributed by atoms with Crippen molar-refractivity contribution in [3.05, 3.63) is 40.9 Å². The lowest BCUT2D eigenvalue weighted by Gasteiger charge is -2.05. The number of amides is 1. The number of carbonyl (C=O) groups is 3. The summed E-state index contributed by atoms with van der Waals surface area (Å²) in [6, 6.07) is 6.54. The average Bonchev–Trinajstić information content (AvgIpc) is 3.41. The van der Waals surface area contributed by atoms with Crippen LogP contribution in [-0.4, -0.2) is 62.5 Å². The lowest BCUT2D eigenvalue weighted by atomic mass is 10.2. The van der Waals surface area contributed by atoms with Gasteiger partial charge in [-0.05, 0) is 41.6 Å². The second-order valence-corrected chi connectivity index (χ2v) is 7.67. The monoisotopic (exact) mass is 462 g/mol. The van der Waals surface area contributed by atoms with Gasteiger partial charge in [-0.2, -0.15) is 4.68 Å². The van der Waals surface area contributed by atoms with E-state index in [1.165, 1.54) is 23.1 Å². The molecule has 0 fully saturated rings. The molecule has 0 radical (unpaired) electrons. The number of anilines is 1. The first-order chi connectivity index (χ1) is 15.0. The van der Waals surface area contributed by atoms with E-state index in [1.807, 2.05) is 0 Å². The van der Waals surface area contributed by atoms with Gasteiger partial charge in [-0.3, -0.25) is 9.59 Å². The van der Waals surface area contributed by atoms with Gasteiger partial charge in [0.25, 0.3) is 0 Å². The maximum atomic E-state index is 12.3. The molecular formula is C18H18N6O5S2. The van der Waals surface area contributed by atoms with Crippen LogP contribution in [0.4, 0.5) is 5.13 Å². The summed E-state index contributed by atoms with van der Waals surface area (Å²) in [4.78, 5) is 39.5. The van der Waals surface area contributed by atoms with Crippen molar-refractivity contribution in [1.29, 1.82) is 0 Å². The SMILES string of the molecule is CCOC(=O)Cc1csc(NC(=O)CSc2nnnn2-c2ccc(C(=O)OC)cc2)n1. The van der Waals surface area contributed by atoms with Crippen LogP contribution in [0.25, 0.3) is 5.69 Å². The van der Waals surface area contributed by atoms with Crippen LogP contribution in [0.5, 0.6) is 0 Å². The summed E-state index contributed by atoms with van der Waals surface area (Å²) >= 11 is 2.36. The molecule has 2 aromatic heterocycles. The van der Waals surface area contributed by atoms with Crippen LogP contribution < -0.4 is 5.32 Å². The van der Waals surface area contributed by atoms with E-state index in [0.29, 0.717) is 33.8 Å². The average molecular weight is 463 g/mol. The van der Waals surface area contributed by atoms with Crippen molar-refractivity contribution in [3.8, 4) is 5.69 Å². The highest BCUT2D eigenvalue weighted by Crippen LogP contribution is 2.20. The number of nitrogens with one attached hydrogen (secondary N) is 1. The van der Waals surface area contributed by atoms with E-state index in [0.717, 1.165) is 11.8 Å². The zero-order chi connectivity index (χ0) is 22.2. The number of ether oxygens (including phenoxy) is 2. The molecule has 1 aromatic carbocycles. The summed E-state index contributed by atoms with van der Waals surface area (Å²) < 4.78 is 11.0. The summed E-state index contributed by atoms with van der Waals surface area (Å²) in [6.45, 7) is 2.04. The largest absolute Gasteiger partial charge is 0.466 e. The summed E-state index contributed by atoms with van der Waals surface area (Å²) in [5, 5.41) is 16.7. The van der Waals surface area contributed by atoms with E-state index in [1.54, 1.807) is 36.6 Å². The minimum absolute atomic E-state index is 0.0490. The number of nitrogens with zero attached hydrogens (tertiary/aromatic N) is 5. The molecule has 0 unspecified atom stereocenters. The Morgan fingerprint density at radius 3 is 2.71 bits per heavy atom. The molecule has 0 aliphatic carbocycles. The number of carbonyl (C=O) groups excluding carboxylic acids is 3. The van der Waals surface area contributed by atoms with Crippen molar-refractivity contribution in [2.75, 3.05) is 24.8 Å². The number of hydrogen-bond acceptors (Lipinski definition) is 11. The van der Waals surface area contributed by atoms with Crippen molar-refractivity contribution in [1.82, 2.24) is 25.2 Å². The van der Waals surface area contributed by atoms with E-state index >= 15 is 0 Å². The van der Waals surface area contributed by atoms with Crippen LogP contribution in [-0.2, 0) is 25.5 Å². The van der Waals surface area contributed by atoms with Crippen LogP contribution in [0.15, 0.2) is 34.8 Å². The molecule has 0 spiro atoms. The van der Waals surface area contributed by atoms with Gasteiger partial charge in [0.15, 0.2) is 5.13 Å². The third-order valence-corrected chi connectivity index (χ3v) is 5.46. The number of hydrogen-bond donors (Lipinski definition) is 1. The fourth-order valence-corrected chi connectivity index (χ4v) is 3.80. The predicted molar refractivity (Wildman–Crippen MR) is 112 cm³/mol. The van der Waals surface area contributed by atoms with E-state index in [9.17, 15) is 14.4 Å². The first-order valence-corrected chi connectivity index (χ1v) is 10.9. The number of thioether (sulfide) groups is 1. The first-order valence-electron chi connectivity index (χ1n) is 9.00. The molecule has 0 saturated heterocycles. The van der Waals surface area contributed by atoms with Crippen molar-refractivity contribution in [2.24, 2.45) is 0 Å². The highest BCUT2D eigenvalue weighted by atomic mass is 32.2. The minimum Gasteiger partial charge on any atom is -0.466 e. The molecule has 0 aliphatic rings. The lowest BCUT2D eigenvalue weighted by Crippen LogP contribution is -2.15. The Labute approximate surface area is 185 Å². The number of benzene rings is 1. The Hall–Kier alpha value is -3.32. The quantitative estimate of drug-likeness (QED) is 0.369. The Morgan fingerprint density at radius 1 is 1.23 bits per heavy atom. The topological polar surface area (TPSA) is 138 Å². The van der Waals surface area contributed by atoms with E-state index in [-0.39, 0.29) is 24.1 Å². The molecule has 0 atom stereocenters. The Kier molecular flexibility index (Phi) is 7.67. The van der Waals surface area contributed by atoms with Crippen LogP contribution in [0.1, 0.15) is 23.0 Å². The number of tetrazole rings is 1. The molecule has 3 rings (SSSR count). The molecule has 13 heteroatoms. The number of rotatable bonds is 9.